The maximum atomic E-state index is 12.7. The molecule has 2 heterocycles. The standard InChI is InChI=1S/C22H25ClN4O2.C2HF3O2/c23-17-6-8-18(9-7-17)25-20(28)10-13-26-14-11-22(12-15-26)21(29)24-16-27(22)19-4-2-1-3-5-19;3-2(4,5)1(6)7/h1-9H,10-16H2,(H,24,29)(H,25,28);(H,6,7). The minimum atomic E-state index is -5.08. The van der Waals surface area contributed by atoms with Gasteiger partial charge in [-0.25, -0.2) is 4.79 Å². The second kappa shape index (κ2) is 11.6. The molecular formula is C24H26ClF3N4O4. The van der Waals surface area contributed by atoms with Crippen LogP contribution in [0.2, 0.25) is 5.02 Å². The summed E-state index contributed by atoms with van der Waals surface area (Å²) in [6.45, 7) is 2.82. The summed E-state index contributed by atoms with van der Waals surface area (Å²) in [7, 11) is 0. The first-order valence-electron chi connectivity index (χ1n) is 11.2. The molecule has 2 saturated heterocycles. The summed E-state index contributed by atoms with van der Waals surface area (Å²) < 4.78 is 31.7. The highest BCUT2D eigenvalue weighted by Crippen LogP contribution is 2.36. The van der Waals surface area contributed by atoms with E-state index in [1.54, 1.807) is 24.3 Å². The molecule has 2 aromatic carbocycles. The van der Waals surface area contributed by atoms with Gasteiger partial charge in [0.05, 0.1) is 6.67 Å². The highest BCUT2D eigenvalue weighted by atomic mass is 35.5. The van der Waals surface area contributed by atoms with E-state index in [0.717, 1.165) is 37.3 Å². The summed E-state index contributed by atoms with van der Waals surface area (Å²) >= 11 is 5.87. The smallest absolute Gasteiger partial charge is 0.475 e. The normalized spacial score (nSPS) is 17.2. The van der Waals surface area contributed by atoms with Crippen LogP contribution in [0.4, 0.5) is 24.5 Å². The van der Waals surface area contributed by atoms with E-state index in [4.69, 9.17) is 21.5 Å². The molecule has 4 rings (SSSR count). The molecule has 2 aliphatic rings. The minimum absolute atomic E-state index is 0.0165. The molecule has 0 radical (unpaired) electrons. The third-order valence-electron chi connectivity index (χ3n) is 6.11. The Morgan fingerprint density at radius 2 is 1.64 bits per heavy atom. The van der Waals surface area contributed by atoms with Crippen LogP contribution in [0, 0.1) is 0 Å². The van der Waals surface area contributed by atoms with Crippen molar-refractivity contribution in [3.8, 4) is 0 Å². The summed E-state index contributed by atoms with van der Waals surface area (Å²) in [5.41, 5.74) is 1.34. The zero-order valence-corrected chi connectivity index (χ0v) is 20.0. The Kier molecular flexibility index (Phi) is 8.80. The van der Waals surface area contributed by atoms with Gasteiger partial charge in [0.25, 0.3) is 0 Å². The van der Waals surface area contributed by atoms with E-state index in [9.17, 15) is 22.8 Å². The predicted octanol–water partition coefficient (Wildman–Crippen LogP) is 3.73. The van der Waals surface area contributed by atoms with Crippen LogP contribution in [0.25, 0.3) is 0 Å². The van der Waals surface area contributed by atoms with E-state index < -0.39 is 17.7 Å². The average molecular weight is 527 g/mol. The number of benzene rings is 2. The topological polar surface area (TPSA) is 102 Å². The van der Waals surface area contributed by atoms with Crippen LogP contribution < -0.4 is 15.5 Å². The number of halogens is 4. The van der Waals surface area contributed by atoms with Gasteiger partial charge < -0.3 is 25.5 Å². The second-order valence-electron chi connectivity index (χ2n) is 8.41. The Labute approximate surface area is 211 Å². The number of anilines is 2. The van der Waals surface area contributed by atoms with Crippen LogP contribution in [0.15, 0.2) is 54.6 Å². The number of carbonyl (C=O) groups excluding carboxylic acids is 2. The molecule has 36 heavy (non-hydrogen) atoms. The monoisotopic (exact) mass is 526 g/mol. The van der Waals surface area contributed by atoms with Crippen LogP contribution in [0.3, 0.4) is 0 Å². The third-order valence-corrected chi connectivity index (χ3v) is 6.37. The fourth-order valence-electron chi connectivity index (χ4n) is 4.20. The number of hydrogen-bond donors (Lipinski definition) is 3. The third kappa shape index (κ3) is 6.88. The lowest BCUT2D eigenvalue weighted by Crippen LogP contribution is -2.56. The number of likely N-dealkylation sites (tertiary alicyclic amines) is 1. The number of aliphatic carboxylic acids is 1. The van der Waals surface area contributed by atoms with E-state index in [-0.39, 0.29) is 11.8 Å². The molecular weight excluding hydrogens is 501 g/mol. The number of carbonyl (C=O) groups is 3. The van der Waals surface area contributed by atoms with Gasteiger partial charge in [0, 0.05) is 42.5 Å². The lowest BCUT2D eigenvalue weighted by Gasteiger charge is -2.43. The quantitative estimate of drug-likeness (QED) is 0.549. The highest BCUT2D eigenvalue weighted by Gasteiger charge is 2.50. The number of hydrogen-bond acceptors (Lipinski definition) is 5. The second-order valence-corrected chi connectivity index (χ2v) is 8.85. The number of rotatable bonds is 5. The first-order valence-corrected chi connectivity index (χ1v) is 11.6. The summed E-state index contributed by atoms with van der Waals surface area (Å²) in [5, 5.41) is 13.7. The van der Waals surface area contributed by atoms with Gasteiger partial charge in [-0.05, 0) is 49.2 Å². The molecule has 0 aromatic heterocycles. The van der Waals surface area contributed by atoms with Gasteiger partial charge in [-0.2, -0.15) is 13.2 Å². The zero-order chi connectivity index (χ0) is 26.3. The summed E-state index contributed by atoms with van der Waals surface area (Å²) in [6, 6.07) is 17.2. The Morgan fingerprint density at radius 1 is 1.06 bits per heavy atom. The lowest BCUT2D eigenvalue weighted by atomic mass is 9.85. The highest BCUT2D eigenvalue weighted by molar-refractivity contribution is 6.30. The number of carboxylic acid groups (broad SMARTS) is 1. The molecule has 1 spiro atoms. The lowest BCUT2D eigenvalue weighted by molar-refractivity contribution is -0.192. The average Bonchev–Trinajstić information content (AvgIpc) is 3.16. The van der Waals surface area contributed by atoms with E-state index >= 15 is 0 Å². The summed E-state index contributed by atoms with van der Waals surface area (Å²) in [5.74, 6) is -2.66. The van der Waals surface area contributed by atoms with E-state index in [1.165, 1.54) is 0 Å². The van der Waals surface area contributed by atoms with Crippen molar-refractivity contribution in [3.05, 3.63) is 59.6 Å². The minimum Gasteiger partial charge on any atom is -0.475 e. The van der Waals surface area contributed by atoms with E-state index in [2.05, 4.69) is 32.6 Å². The van der Waals surface area contributed by atoms with Gasteiger partial charge in [0.2, 0.25) is 11.8 Å². The van der Waals surface area contributed by atoms with Crippen LogP contribution in [-0.4, -0.2) is 65.8 Å². The van der Waals surface area contributed by atoms with Gasteiger partial charge in [-0.1, -0.05) is 29.8 Å². The van der Waals surface area contributed by atoms with Gasteiger partial charge in [0.15, 0.2) is 0 Å². The molecule has 194 valence electrons. The molecule has 2 aliphatic heterocycles. The number of amides is 2. The van der Waals surface area contributed by atoms with Gasteiger partial charge in [0.1, 0.15) is 5.54 Å². The van der Waals surface area contributed by atoms with Crippen LogP contribution in [0.1, 0.15) is 19.3 Å². The molecule has 3 N–H and O–H groups in total. The fourth-order valence-corrected chi connectivity index (χ4v) is 4.32. The molecule has 12 heteroatoms. The van der Waals surface area contributed by atoms with Crippen molar-refractivity contribution in [2.75, 3.05) is 36.5 Å². The zero-order valence-electron chi connectivity index (χ0n) is 19.2. The molecule has 0 bridgehead atoms. The van der Waals surface area contributed by atoms with Crippen molar-refractivity contribution in [3.63, 3.8) is 0 Å². The van der Waals surface area contributed by atoms with Crippen molar-refractivity contribution in [2.24, 2.45) is 0 Å². The Morgan fingerprint density at radius 3 is 2.19 bits per heavy atom. The largest absolute Gasteiger partial charge is 0.490 e. The number of nitrogens with one attached hydrogen (secondary N) is 2. The van der Waals surface area contributed by atoms with Crippen molar-refractivity contribution in [1.82, 2.24) is 10.2 Å². The molecule has 0 unspecified atom stereocenters. The number of nitrogens with zero attached hydrogens (tertiary/aromatic N) is 2. The first kappa shape index (κ1) is 27.3. The number of carboxylic acids is 1. The number of alkyl halides is 3. The predicted molar refractivity (Wildman–Crippen MR) is 129 cm³/mol. The van der Waals surface area contributed by atoms with E-state index in [1.807, 2.05) is 18.2 Å². The van der Waals surface area contributed by atoms with Crippen LogP contribution in [-0.2, 0) is 14.4 Å². The molecule has 0 aliphatic carbocycles. The van der Waals surface area contributed by atoms with Crippen LogP contribution in [0.5, 0.6) is 0 Å². The van der Waals surface area contributed by atoms with Crippen molar-refractivity contribution < 1.29 is 32.7 Å². The first-order chi connectivity index (χ1) is 17.0. The van der Waals surface area contributed by atoms with Crippen molar-refractivity contribution in [1.29, 1.82) is 0 Å². The maximum absolute atomic E-state index is 12.7. The Balaban J connectivity index is 0.000000454. The summed E-state index contributed by atoms with van der Waals surface area (Å²) in [4.78, 5) is 38.3. The number of piperidine rings is 1. The molecule has 2 fully saturated rings. The molecule has 8 nitrogen and oxygen atoms in total. The SMILES string of the molecule is O=C(CCN1CCC2(CC1)C(=O)NCN2c1ccccc1)Nc1ccc(Cl)cc1.O=C(O)C(F)(F)F. The molecule has 0 saturated carbocycles. The summed E-state index contributed by atoms with van der Waals surface area (Å²) in [6.07, 6.45) is -3.15. The Bertz CT molecular complexity index is 1060. The fraction of sp³-hybridized carbons (Fsp3) is 0.375. The Hall–Kier alpha value is -3.31. The number of para-hydroxylation sites is 1. The van der Waals surface area contributed by atoms with Gasteiger partial charge >= 0.3 is 12.1 Å². The van der Waals surface area contributed by atoms with Gasteiger partial charge in [-0.15, -0.1) is 0 Å². The molecule has 2 amide bonds. The molecule has 0 atom stereocenters. The van der Waals surface area contributed by atoms with E-state index in [0.29, 0.717) is 24.7 Å². The van der Waals surface area contributed by atoms with Gasteiger partial charge in [-0.3, -0.25) is 9.59 Å². The van der Waals surface area contributed by atoms with Crippen molar-refractivity contribution >= 4 is 40.8 Å². The van der Waals surface area contributed by atoms with Crippen molar-refractivity contribution in [2.45, 2.75) is 31.0 Å². The molecule has 2 aromatic rings. The maximum Gasteiger partial charge on any atom is 0.490 e. The van der Waals surface area contributed by atoms with Crippen LogP contribution >= 0.6 is 11.6 Å².